The number of para-hydroxylation sites is 1. The molecule has 0 aliphatic carbocycles. The van der Waals surface area contributed by atoms with Gasteiger partial charge in [-0.2, -0.15) is 0 Å². The minimum Gasteiger partial charge on any atom is -0.396 e. The van der Waals surface area contributed by atoms with Gasteiger partial charge in [-0.15, -0.1) is 0 Å². The lowest BCUT2D eigenvalue weighted by Gasteiger charge is -2.15. The molecule has 0 spiro atoms. The third-order valence-corrected chi connectivity index (χ3v) is 3.71. The summed E-state index contributed by atoms with van der Waals surface area (Å²) < 4.78 is 13.4. The number of rotatable bonds is 6. The summed E-state index contributed by atoms with van der Waals surface area (Å²) in [5, 5.41) is 11.5. The number of carbonyl (C=O) groups excluding carboxylic acids is 1. The van der Waals surface area contributed by atoms with Gasteiger partial charge in [0.05, 0.1) is 5.69 Å². The Bertz CT molecular complexity index is 453. The van der Waals surface area contributed by atoms with Crippen LogP contribution in [0.25, 0.3) is 0 Å². The second kappa shape index (κ2) is 7.36. The molecule has 20 heavy (non-hydrogen) atoms. The highest BCUT2D eigenvalue weighted by Crippen LogP contribution is 2.19. The number of hydrogen-bond donors (Lipinski definition) is 2. The Hall–Kier alpha value is -1.46. The molecule has 0 aromatic heterocycles. The highest BCUT2D eigenvalue weighted by Gasteiger charge is 2.22. The van der Waals surface area contributed by atoms with E-state index >= 15 is 0 Å². The van der Waals surface area contributed by atoms with Crippen molar-refractivity contribution in [2.24, 2.45) is 5.92 Å². The predicted molar refractivity (Wildman–Crippen MR) is 75.9 cm³/mol. The van der Waals surface area contributed by atoms with Crippen molar-refractivity contribution in [2.45, 2.75) is 19.3 Å². The molecule has 0 bridgehead atoms. The third kappa shape index (κ3) is 4.28. The Morgan fingerprint density at radius 1 is 1.45 bits per heavy atom. The molecular formula is C15H21FN2O2. The van der Waals surface area contributed by atoms with Crippen LogP contribution in [0.15, 0.2) is 24.3 Å². The van der Waals surface area contributed by atoms with E-state index in [0.29, 0.717) is 18.9 Å². The standard InChI is InChI=1S/C15H21FN2O2/c16-13-3-1-2-4-14(13)17-15(20)6-9-18-8-5-12(11-18)7-10-19/h1-4,12,19H,5-11H2,(H,17,20). The molecule has 2 rings (SSSR count). The van der Waals surface area contributed by atoms with Gasteiger partial charge in [0.15, 0.2) is 0 Å². The average molecular weight is 280 g/mol. The normalized spacial score (nSPS) is 19.2. The van der Waals surface area contributed by atoms with Crippen LogP contribution in [-0.4, -0.2) is 42.2 Å². The van der Waals surface area contributed by atoms with E-state index in [-0.39, 0.29) is 18.2 Å². The molecule has 4 nitrogen and oxygen atoms in total. The van der Waals surface area contributed by atoms with Gasteiger partial charge in [0, 0.05) is 26.1 Å². The first-order chi connectivity index (χ1) is 9.69. The molecule has 1 aromatic carbocycles. The molecule has 0 saturated carbocycles. The minimum atomic E-state index is -0.412. The molecule has 5 heteroatoms. The average Bonchev–Trinajstić information content (AvgIpc) is 2.87. The molecule has 0 radical (unpaired) electrons. The van der Waals surface area contributed by atoms with Crippen LogP contribution < -0.4 is 5.32 Å². The van der Waals surface area contributed by atoms with Gasteiger partial charge in [-0.05, 0) is 37.4 Å². The number of halogens is 1. The molecule has 1 unspecified atom stereocenters. The topological polar surface area (TPSA) is 52.6 Å². The Morgan fingerprint density at radius 2 is 2.25 bits per heavy atom. The maximum Gasteiger partial charge on any atom is 0.225 e. The molecular weight excluding hydrogens is 259 g/mol. The second-order valence-corrected chi connectivity index (χ2v) is 5.25. The van der Waals surface area contributed by atoms with Crippen molar-refractivity contribution in [3.05, 3.63) is 30.1 Å². The first kappa shape index (κ1) is 14.9. The van der Waals surface area contributed by atoms with Crippen LogP contribution in [0, 0.1) is 11.7 Å². The number of anilines is 1. The van der Waals surface area contributed by atoms with Gasteiger partial charge in [-0.3, -0.25) is 4.79 Å². The van der Waals surface area contributed by atoms with Gasteiger partial charge in [0.2, 0.25) is 5.91 Å². The number of likely N-dealkylation sites (tertiary alicyclic amines) is 1. The van der Waals surface area contributed by atoms with E-state index in [4.69, 9.17) is 5.11 Å². The fourth-order valence-corrected chi connectivity index (χ4v) is 2.57. The van der Waals surface area contributed by atoms with Gasteiger partial charge in [0.25, 0.3) is 0 Å². The summed E-state index contributed by atoms with van der Waals surface area (Å²) in [5.74, 6) is -0.0413. The van der Waals surface area contributed by atoms with Crippen molar-refractivity contribution in [3.63, 3.8) is 0 Å². The Labute approximate surface area is 118 Å². The monoisotopic (exact) mass is 280 g/mol. The summed E-state index contributed by atoms with van der Waals surface area (Å²) in [4.78, 5) is 14.0. The second-order valence-electron chi connectivity index (χ2n) is 5.25. The lowest BCUT2D eigenvalue weighted by Crippen LogP contribution is -2.26. The number of nitrogens with one attached hydrogen (secondary N) is 1. The van der Waals surface area contributed by atoms with Crippen molar-refractivity contribution in [3.8, 4) is 0 Å². The van der Waals surface area contributed by atoms with E-state index in [1.165, 1.54) is 6.07 Å². The quantitative estimate of drug-likeness (QED) is 0.836. The number of benzene rings is 1. The molecule has 1 atom stereocenters. The third-order valence-electron chi connectivity index (χ3n) is 3.71. The van der Waals surface area contributed by atoms with Gasteiger partial charge >= 0.3 is 0 Å². The zero-order valence-corrected chi connectivity index (χ0v) is 11.5. The fourth-order valence-electron chi connectivity index (χ4n) is 2.57. The molecule has 1 aliphatic rings. The Kier molecular flexibility index (Phi) is 5.49. The van der Waals surface area contributed by atoms with Crippen LogP contribution in [0.4, 0.5) is 10.1 Å². The molecule has 1 saturated heterocycles. The molecule has 1 amide bonds. The Morgan fingerprint density at radius 3 is 3.00 bits per heavy atom. The van der Waals surface area contributed by atoms with Crippen molar-refractivity contribution >= 4 is 11.6 Å². The van der Waals surface area contributed by atoms with Gasteiger partial charge < -0.3 is 15.3 Å². The summed E-state index contributed by atoms with van der Waals surface area (Å²) in [6.07, 6.45) is 2.27. The molecule has 1 fully saturated rings. The van der Waals surface area contributed by atoms with Crippen LogP contribution in [0.1, 0.15) is 19.3 Å². The van der Waals surface area contributed by atoms with Crippen molar-refractivity contribution in [1.82, 2.24) is 4.90 Å². The number of carbonyl (C=O) groups is 1. The fraction of sp³-hybridized carbons (Fsp3) is 0.533. The summed E-state index contributed by atoms with van der Waals surface area (Å²) in [5.41, 5.74) is 0.233. The van der Waals surface area contributed by atoms with Crippen LogP contribution in [0.3, 0.4) is 0 Å². The van der Waals surface area contributed by atoms with Crippen LogP contribution >= 0.6 is 0 Å². The van der Waals surface area contributed by atoms with Gasteiger partial charge in [-0.25, -0.2) is 4.39 Å². The molecule has 1 aliphatic heterocycles. The lowest BCUT2D eigenvalue weighted by molar-refractivity contribution is -0.116. The van der Waals surface area contributed by atoms with Gasteiger partial charge in [-0.1, -0.05) is 12.1 Å². The highest BCUT2D eigenvalue weighted by molar-refractivity contribution is 5.90. The first-order valence-corrected chi connectivity index (χ1v) is 7.06. The summed E-state index contributed by atoms with van der Waals surface area (Å²) >= 11 is 0. The summed E-state index contributed by atoms with van der Waals surface area (Å²) in [6.45, 7) is 2.82. The van der Waals surface area contributed by atoms with Crippen molar-refractivity contribution in [2.75, 3.05) is 31.6 Å². The Balaban J connectivity index is 1.72. The van der Waals surface area contributed by atoms with Gasteiger partial charge in [0.1, 0.15) is 5.82 Å². The van der Waals surface area contributed by atoms with E-state index in [1.807, 2.05) is 0 Å². The number of amides is 1. The number of aliphatic hydroxyl groups excluding tert-OH is 1. The van der Waals surface area contributed by atoms with E-state index in [9.17, 15) is 9.18 Å². The molecule has 1 aromatic rings. The maximum absolute atomic E-state index is 13.4. The van der Waals surface area contributed by atoms with E-state index < -0.39 is 5.82 Å². The SMILES string of the molecule is O=C(CCN1CCC(CCO)C1)Nc1ccccc1F. The largest absolute Gasteiger partial charge is 0.396 e. The summed E-state index contributed by atoms with van der Waals surface area (Å²) in [7, 11) is 0. The summed E-state index contributed by atoms with van der Waals surface area (Å²) in [6, 6.07) is 6.17. The zero-order valence-electron chi connectivity index (χ0n) is 11.5. The smallest absolute Gasteiger partial charge is 0.225 e. The highest BCUT2D eigenvalue weighted by atomic mass is 19.1. The molecule has 110 valence electrons. The van der Waals surface area contributed by atoms with E-state index in [2.05, 4.69) is 10.2 Å². The maximum atomic E-state index is 13.4. The van der Waals surface area contributed by atoms with E-state index in [1.54, 1.807) is 18.2 Å². The van der Waals surface area contributed by atoms with Crippen LogP contribution in [0.2, 0.25) is 0 Å². The van der Waals surface area contributed by atoms with Crippen molar-refractivity contribution < 1.29 is 14.3 Å². The van der Waals surface area contributed by atoms with Crippen molar-refractivity contribution in [1.29, 1.82) is 0 Å². The van der Waals surface area contributed by atoms with E-state index in [0.717, 1.165) is 25.9 Å². The lowest BCUT2D eigenvalue weighted by atomic mass is 10.1. The zero-order chi connectivity index (χ0) is 14.4. The number of nitrogens with zero attached hydrogens (tertiary/aromatic N) is 1. The first-order valence-electron chi connectivity index (χ1n) is 7.06. The predicted octanol–water partition coefficient (Wildman–Crippen LogP) is 1.86. The number of hydrogen-bond acceptors (Lipinski definition) is 3. The molecule has 2 N–H and O–H groups in total. The van der Waals surface area contributed by atoms with Crippen LogP contribution in [0.5, 0.6) is 0 Å². The number of aliphatic hydroxyl groups is 1. The minimum absolute atomic E-state index is 0.166. The molecule has 1 heterocycles. The van der Waals surface area contributed by atoms with Crippen LogP contribution in [-0.2, 0) is 4.79 Å².